The van der Waals surface area contributed by atoms with E-state index in [9.17, 15) is 4.79 Å². The average molecular weight is 280 g/mol. The molecule has 2 atom stereocenters. The van der Waals surface area contributed by atoms with Crippen molar-refractivity contribution in [3.63, 3.8) is 0 Å². The molecule has 2 fully saturated rings. The Morgan fingerprint density at radius 1 is 1.63 bits per heavy atom. The zero-order chi connectivity index (χ0) is 13.5. The molecular formula is C14H20N2O2S. The van der Waals surface area contributed by atoms with Gasteiger partial charge in [-0.3, -0.25) is 10.1 Å². The zero-order valence-electron chi connectivity index (χ0n) is 11.4. The van der Waals surface area contributed by atoms with Crippen LogP contribution in [0.2, 0.25) is 0 Å². The van der Waals surface area contributed by atoms with Crippen LogP contribution in [0.5, 0.6) is 0 Å². The van der Waals surface area contributed by atoms with Crippen molar-refractivity contribution in [2.24, 2.45) is 0 Å². The SMILES string of the molecule is CCOC(C)CN1C(=O)C2(CC2)NC1c1ccsc1. The Morgan fingerprint density at radius 3 is 3.00 bits per heavy atom. The van der Waals surface area contributed by atoms with Crippen LogP contribution >= 0.6 is 11.3 Å². The van der Waals surface area contributed by atoms with Crippen molar-refractivity contribution in [3.8, 4) is 0 Å². The molecule has 1 spiro atoms. The van der Waals surface area contributed by atoms with Gasteiger partial charge in [-0.1, -0.05) is 0 Å². The Balaban J connectivity index is 1.79. The smallest absolute Gasteiger partial charge is 0.244 e. The van der Waals surface area contributed by atoms with Crippen molar-refractivity contribution in [1.82, 2.24) is 10.2 Å². The van der Waals surface area contributed by atoms with Gasteiger partial charge in [0.25, 0.3) is 0 Å². The number of amides is 1. The Bertz CT molecular complexity index is 456. The molecule has 104 valence electrons. The number of hydrogen-bond donors (Lipinski definition) is 1. The minimum absolute atomic E-state index is 0.0177. The minimum Gasteiger partial charge on any atom is -0.377 e. The molecule has 4 nitrogen and oxygen atoms in total. The number of nitrogens with one attached hydrogen (secondary N) is 1. The molecular weight excluding hydrogens is 260 g/mol. The summed E-state index contributed by atoms with van der Waals surface area (Å²) in [5, 5.41) is 7.69. The highest BCUT2D eigenvalue weighted by atomic mass is 32.1. The zero-order valence-corrected chi connectivity index (χ0v) is 12.2. The summed E-state index contributed by atoms with van der Waals surface area (Å²) >= 11 is 1.67. The fourth-order valence-electron chi connectivity index (χ4n) is 2.77. The first-order valence-corrected chi connectivity index (χ1v) is 7.83. The van der Waals surface area contributed by atoms with E-state index < -0.39 is 0 Å². The van der Waals surface area contributed by atoms with Crippen molar-refractivity contribution < 1.29 is 9.53 Å². The summed E-state index contributed by atoms with van der Waals surface area (Å²) in [6, 6.07) is 2.09. The van der Waals surface area contributed by atoms with Crippen LogP contribution in [0.15, 0.2) is 16.8 Å². The van der Waals surface area contributed by atoms with Crippen molar-refractivity contribution in [1.29, 1.82) is 0 Å². The summed E-state index contributed by atoms with van der Waals surface area (Å²) in [5.74, 6) is 0.246. The maximum absolute atomic E-state index is 12.5. The number of ether oxygens (including phenoxy) is 1. The Hall–Kier alpha value is -0.910. The van der Waals surface area contributed by atoms with Gasteiger partial charge in [0.1, 0.15) is 11.7 Å². The number of carbonyl (C=O) groups excluding carboxylic acids is 1. The van der Waals surface area contributed by atoms with Crippen LogP contribution in [0.3, 0.4) is 0 Å². The molecule has 1 N–H and O–H groups in total. The van der Waals surface area contributed by atoms with E-state index in [-0.39, 0.29) is 23.7 Å². The molecule has 5 heteroatoms. The lowest BCUT2D eigenvalue weighted by Gasteiger charge is -2.26. The van der Waals surface area contributed by atoms with E-state index in [1.54, 1.807) is 11.3 Å². The molecule has 0 bridgehead atoms. The lowest BCUT2D eigenvalue weighted by Crippen LogP contribution is -2.37. The molecule has 1 amide bonds. The monoisotopic (exact) mass is 280 g/mol. The first-order chi connectivity index (χ1) is 9.16. The van der Waals surface area contributed by atoms with Gasteiger partial charge in [0.05, 0.1) is 6.10 Å². The van der Waals surface area contributed by atoms with E-state index in [4.69, 9.17) is 4.74 Å². The number of carbonyl (C=O) groups is 1. The van der Waals surface area contributed by atoms with Crippen molar-refractivity contribution in [2.75, 3.05) is 13.2 Å². The summed E-state index contributed by atoms with van der Waals surface area (Å²) < 4.78 is 5.59. The van der Waals surface area contributed by atoms with Crippen LogP contribution in [-0.4, -0.2) is 35.6 Å². The summed E-state index contributed by atoms with van der Waals surface area (Å²) in [6.45, 7) is 5.35. The molecule has 0 radical (unpaired) electrons. The second-order valence-electron chi connectivity index (χ2n) is 5.41. The van der Waals surface area contributed by atoms with Crippen LogP contribution in [0, 0.1) is 0 Å². The average Bonchev–Trinajstić information content (AvgIpc) is 2.86. The predicted molar refractivity (Wildman–Crippen MR) is 75.0 cm³/mol. The van der Waals surface area contributed by atoms with Gasteiger partial charge >= 0.3 is 0 Å². The third-order valence-corrected chi connectivity index (χ3v) is 4.61. The second kappa shape index (κ2) is 4.89. The van der Waals surface area contributed by atoms with E-state index >= 15 is 0 Å². The lowest BCUT2D eigenvalue weighted by molar-refractivity contribution is -0.132. The number of hydrogen-bond acceptors (Lipinski definition) is 4. The Kier molecular flexibility index (Phi) is 3.37. The van der Waals surface area contributed by atoms with E-state index in [0.29, 0.717) is 13.2 Å². The van der Waals surface area contributed by atoms with E-state index in [1.807, 2.05) is 18.7 Å². The van der Waals surface area contributed by atoms with Crippen LogP contribution in [0.1, 0.15) is 38.4 Å². The molecule has 1 aromatic heterocycles. The van der Waals surface area contributed by atoms with Gasteiger partial charge in [-0.05, 0) is 49.1 Å². The highest BCUT2D eigenvalue weighted by Crippen LogP contribution is 2.46. The number of nitrogens with zero attached hydrogens (tertiary/aromatic N) is 1. The molecule has 0 aromatic carbocycles. The van der Waals surface area contributed by atoms with Crippen molar-refractivity contribution >= 4 is 17.2 Å². The highest BCUT2D eigenvalue weighted by Gasteiger charge is 2.59. The Labute approximate surface area is 117 Å². The molecule has 1 saturated carbocycles. The van der Waals surface area contributed by atoms with Crippen LogP contribution in [0.25, 0.3) is 0 Å². The van der Waals surface area contributed by atoms with Gasteiger partial charge in [0, 0.05) is 13.2 Å². The largest absolute Gasteiger partial charge is 0.377 e. The van der Waals surface area contributed by atoms with Crippen LogP contribution < -0.4 is 5.32 Å². The van der Waals surface area contributed by atoms with E-state index in [2.05, 4.69) is 22.1 Å². The molecule has 1 aliphatic carbocycles. The molecule has 1 saturated heterocycles. The first-order valence-electron chi connectivity index (χ1n) is 6.89. The number of rotatable bonds is 5. The third-order valence-electron chi connectivity index (χ3n) is 3.91. The van der Waals surface area contributed by atoms with Crippen molar-refractivity contribution in [3.05, 3.63) is 22.4 Å². The molecule has 3 rings (SSSR count). The minimum atomic E-state index is -0.265. The van der Waals surface area contributed by atoms with Gasteiger partial charge in [-0.25, -0.2) is 0 Å². The summed E-state index contributed by atoms with van der Waals surface area (Å²) in [4.78, 5) is 14.5. The van der Waals surface area contributed by atoms with Crippen LogP contribution in [-0.2, 0) is 9.53 Å². The standard InChI is InChI=1S/C14H20N2O2S/c1-3-18-10(2)8-16-12(11-4-7-19-9-11)15-14(5-6-14)13(16)17/h4,7,9-10,12,15H,3,5-6,8H2,1-2H3. The maximum atomic E-state index is 12.5. The fourth-order valence-corrected chi connectivity index (χ4v) is 3.45. The predicted octanol–water partition coefficient (Wildman–Crippen LogP) is 2.14. The van der Waals surface area contributed by atoms with Gasteiger partial charge in [-0.2, -0.15) is 11.3 Å². The number of thiophene rings is 1. The quantitative estimate of drug-likeness (QED) is 0.898. The van der Waals surface area contributed by atoms with Crippen molar-refractivity contribution in [2.45, 2.75) is 44.5 Å². The van der Waals surface area contributed by atoms with Gasteiger partial charge < -0.3 is 9.64 Å². The topological polar surface area (TPSA) is 41.6 Å². The third kappa shape index (κ3) is 2.30. The summed E-state index contributed by atoms with van der Waals surface area (Å²) in [7, 11) is 0. The molecule has 2 heterocycles. The second-order valence-corrected chi connectivity index (χ2v) is 6.19. The first kappa shape index (κ1) is 13.1. The van der Waals surface area contributed by atoms with Gasteiger partial charge in [0.2, 0.25) is 5.91 Å². The van der Waals surface area contributed by atoms with E-state index in [1.165, 1.54) is 5.56 Å². The highest BCUT2D eigenvalue weighted by molar-refractivity contribution is 7.07. The normalized spacial score (nSPS) is 26.1. The van der Waals surface area contributed by atoms with Crippen LogP contribution in [0.4, 0.5) is 0 Å². The van der Waals surface area contributed by atoms with E-state index in [0.717, 1.165) is 12.8 Å². The molecule has 1 aliphatic heterocycles. The molecule has 2 unspecified atom stereocenters. The van der Waals surface area contributed by atoms with Gasteiger partial charge in [0.15, 0.2) is 0 Å². The lowest BCUT2D eigenvalue weighted by atomic mass is 10.2. The molecule has 1 aromatic rings. The van der Waals surface area contributed by atoms with Gasteiger partial charge in [-0.15, -0.1) is 0 Å². The molecule has 19 heavy (non-hydrogen) atoms. The molecule has 2 aliphatic rings. The fraction of sp³-hybridized carbons (Fsp3) is 0.643. The Morgan fingerprint density at radius 2 is 2.42 bits per heavy atom. The summed E-state index contributed by atoms with van der Waals surface area (Å²) in [6.07, 6.45) is 2.02. The summed E-state index contributed by atoms with van der Waals surface area (Å²) in [5.41, 5.74) is 0.921. The maximum Gasteiger partial charge on any atom is 0.244 e.